The maximum absolute atomic E-state index is 11.7. The van der Waals surface area contributed by atoms with Gasteiger partial charge in [0.15, 0.2) is 0 Å². The molecule has 0 aliphatic heterocycles. The monoisotopic (exact) mass is 235 g/mol. The van der Waals surface area contributed by atoms with Crippen molar-refractivity contribution in [3.63, 3.8) is 0 Å². The molecule has 0 spiro atoms. The van der Waals surface area contributed by atoms with Crippen molar-refractivity contribution in [1.29, 1.82) is 0 Å². The molecule has 0 aromatic carbocycles. The predicted octanol–water partition coefficient (Wildman–Crippen LogP) is 1.14. The molecular formula is C11H25NO2S. The van der Waals surface area contributed by atoms with Crippen LogP contribution >= 0.6 is 0 Å². The molecule has 92 valence electrons. The van der Waals surface area contributed by atoms with E-state index >= 15 is 0 Å². The summed E-state index contributed by atoms with van der Waals surface area (Å²) in [6.07, 6.45) is -0.510. The largest absolute Gasteiger partial charge is 0.391 e. The van der Waals surface area contributed by atoms with Crippen LogP contribution in [0.4, 0.5) is 0 Å². The first kappa shape index (κ1) is 15.1. The Morgan fingerprint density at radius 3 is 2.20 bits per heavy atom. The quantitative estimate of drug-likeness (QED) is 0.726. The van der Waals surface area contributed by atoms with Gasteiger partial charge in [0.25, 0.3) is 0 Å². The first-order valence-corrected chi connectivity index (χ1v) is 6.82. The van der Waals surface area contributed by atoms with Crippen LogP contribution in [-0.4, -0.2) is 39.0 Å². The standard InChI is InChI=1S/C11H25NO2S/c1-9(2)6-12-7-10(13)8-15(14)11(3,4)5/h9-10,12-13H,6-8H2,1-5H3. The molecule has 2 unspecified atom stereocenters. The Morgan fingerprint density at radius 2 is 1.80 bits per heavy atom. The van der Waals surface area contributed by atoms with E-state index in [2.05, 4.69) is 19.2 Å². The zero-order valence-corrected chi connectivity index (χ0v) is 11.4. The Morgan fingerprint density at radius 1 is 1.27 bits per heavy atom. The maximum atomic E-state index is 11.7. The third-order valence-corrected chi connectivity index (χ3v) is 4.01. The van der Waals surface area contributed by atoms with Gasteiger partial charge in [-0.2, -0.15) is 0 Å². The number of rotatable bonds is 6. The van der Waals surface area contributed by atoms with Crippen LogP contribution in [0.5, 0.6) is 0 Å². The number of hydrogen-bond donors (Lipinski definition) is 2. The summed E-state index contributed by atoms with van der Waals surface area (Å²) in [6.45, 7) is 11.4. The van der Waals surface area contributed by atoms with Crippen molar-refractivity contribution in [2.45, 2.75) is 45.5 Å². The van der Waals surface area contributed by atoms with Crippen LogP contribution in [0.15, 0.2) is 0 Å². The minimum Gasteiger partial charge on any atom is -0.391 e. The zero-order chi connectivity index (χ0) is 12.1. The Balaban J connectivity index is 3.75. The van der Waals surface area contributed by atoms with Crippen molar-refractivity contribution in [2.75, 3.05) is 18.8 Å². The van der Waals surface area contributed by atoms with E-state index < -0.39 is 16.9 Å². The molecule has 0 aliphatic carbocycles. The normalized spacial score (nSPS) is 16.7. The second-order valence-corrected chi connectivity index (χ2v) is 7.58. The van der Waals surface area contributed by atoms with Crippen LogP contribution in [0.3, 0.4) is 0 Å². The van der Waals surface area contributed by atoms with Gasteiger partial charge < -0.3 is 10.4 Å². The Bertz CT molecular complexity index is 199. The molecule has 0 aromatic heterocycles. The third kappa shape index (κ3) is 7.94. The smallest absolute Gasteiger partial charge is 0.0779 e. The fourth-order valence-corrected chi connectivity index (χ4v) is 1.99. The molecule has 0 heterocycles. The van der Waals surface area contributed by atoms with Gasteiger partial charge >= 0.3 is 0 Å². The molecule has 0 aliphatic rings. The summed E-state index contributed by atoms with van der Waals surface area (Å²) < 4.78 is 11.5. The van der Waals surface area contributed by atoms with Gasteiger partial charge in [-0.15, -0.1) is 0 Å². The third-order valence-electron chi connectivity index (χ3n) is 1.96. The summed E-state index contributed by atoms with van der Waals surface area (Å²) in [4.78, 5) is 0. The summed E-state index contributed by atoms with van der Waals surface area (Å²) in [5.41, 5.74) is 0. The number of aliphatic hydroxyl groups is 1. The summed E-state index contributed by atoms with van der Waals surface area (Å²) in [5, 5.41) is 12.8. The highest BCUT2D eigenvalue weighted by molar-refractivity contribution is 7.86. The average Bonchev–Trinajstić information content (AvgIpc) is 2.01. The molecule has 0 aromatic rings. The van der Waals surface area contributed by atoms with E-state index in [9.17, 15) is 9.32 Å². The van der Waals surface area contributed by atoms with E-state index in [1.165, 1.54) is 0 Å². The van der Waals surface area contributed by atoms with Crippen LogP contribution in [0, 0.1) is 5.92 Å². The second-order valence-electron chi connectivity index (χ2n) is 5.33. The summed E-state index contributed by atoms with van der Waals surface area (Å²) in [5.74, 6) is 0.930. The zero-order valence-electron chi connectivity index (χ0n) is 10.5. The van der Waals surface area contributed by atoms with Crippen molar-refractivity contribution >= 4 is 10.8 Å². The number of aliphatic hydroxyl groups excluding tert-OH is 1. The minimum atomic E-state index is -0.972. The molecule has 0 rings (SSSR count). The highest BCUT2D eigenvalue weighted by Crippen LogP contribution is 2.11. The SMILES string of the molecule is CC(C)CNCC(O)CS(=O)C(C)(C)C. The van der Waals surface area contributed by atoms with Gasteiger partial charge in [-0.25, -0.2) is 0 Å². The van der Waals surface area contributed by atoms with E-state index in [-0.39, 0.29) is 4.75 Å². The molecule has 2 atom stereocenters. The lowest BCUT2D eigenvalue weighted by atomic mass is 10.2. The predicted molar refractivity (Wildman–Crippen MR) is 66.5 cm³/mol. The Kier molecular flexibility index (Phi) is 6.64. The molecule has 0 saturated heterocycles. The lowest BCUT2D eigenvalue weighted by Crippen LogP contribution is -2.36. The van der Waals surface area contributed by atoms with Gasteiger partial charge in [-0.05, 0) is 33.2 Å². The van der Waals surface area contributed by atoms with Gasteiger partial charge in [-0.3, -0.25) is 4.21 Å². The van der Waals surface area contributed by atoms with Crippen LogP contribution in [0.2, 0.25) is 0 Å². The first-order valence-electron chi connectivity index (χ1n) is 5.50. The Labute approximate surface area is 96.1 Å². The van der Waals surface area contributed by atoms with E-state index in [1.54, 1.807) is 0 Å². The molecule has 3 nitrogen and oxygen atoms in total. The van der Waals surface area contributed by atoms with Crippen LogP contribution < -0.4 is 5.32 Å². The molecule has 2 N–H and O–H groups in total. The summed E-state index contributed by atoms with van der Waals surface area (Å²) >= 11 is 0. The van der Waals surface area contributed by atoms with Crippen molar-refractivity contribution < 1.29 is 9.32 Å². The van der Waals surface area contributed by atoms with Gasteiger partial charge in [0.05, 0.1) is 11.9 Å². The first-order chi connectivity index (χ1) is 6.73. The molecule has 15 heavy (non-hydrogen) atoms. The molecular weight excluding hydrogens is 210 g/mol. The van der Waals surface area contributed by atoms with Gasteiger partial charge in [-0.1, -0.05) is 13.8 Å². The van der Waals surface area contributed by atoms with Gasteiger partial charge in [0.1, 0.15) is 0 Å². The van der Waals surface area contributed by atoms with Crippen LogP contribution in [0.1, 0.15) is 34.6 Å². The van der Waals surface area contributed by atoms with Crippen molar-refractivity contribution in [2.24, 2.45) is 5.92 Å². The van der Waals surface area contributed by atoms with Crippen molar-refractivity contribution in [3.05, 3.63) is 0 Å². The summed E-state index contributed by atoms with van der Waals surface area (Å²) in [6, 6.07) is 0. The van der Waals surface area contributed by atoms with E-state index in [0.717, 1.165) is 6.54 Å². The minimum absolute atomic E-state index is 0.237. The molecule has 0 bridgehead atoms. The molecule has 0 saturated carbocycles. The molecule has 0 radical (unpaired) electrons. The molecule has 4 heteroatoms. The lowest BCUT2D eigenvalue weighted by Gasteiger charge is -2.20. The lowest BCUT2D eigenvalue weighted by molar-refractivity contribution is 0.193. The highest BCUT2D eigenvalue weighted by Gasteiger charge is 2.21. The van der Waals surface area contributed by atoms with Crippen LogP contribution in [0.25, 0.3) is 0 Å². The van der Waals surface area contributed by atoms with Crippen molar-refractivity contribution in [3.8, 4) is 0 Å². The number of hydrogen-bond acceptors (Lipinski definition) is 3. The van der Waals surface area contributed by atoms with E-state index in [1.807, 2.05) is 20.8 Å². The van der Waals surface area contributed by atoms with Crippen LogP contribution in [-0.2, 0) is 10.8 Å². The molecule has 0 fully saturated rings. The fourth-order valence-electron chi connectivity index (χ4n) is 1.02. The van der Waals surface area contributed by atoms with Crippen molar-refractivity contribution in [1.82, 2.24) is 5.32 Å². The fraction of sp³-hybridized carbons (Fsp3) is 1.00. The van der Waals surface area contributed by atoms with Gasteiger partial charge in [0.2, 0.25) is 0 Å². The number of nitrogens with one attached hydrogen (secondary N) is 1. The topological polar surface area (TPSA) is 49.3 Å². The van der Waals surface area contributed by atoms with E-state index in [4.69, 9.17) is 0 Å². The molecule has 0 amide bonds. The second kappa shape index (κ2) is 6.61. The van der Waals surface area contributed by atoms with E-state index in [0.29, 0.717) is 18.2 Å². The average molecular weight is 235 g/mol. The summed E-state index contributed by atoms with van der Waals surface area (Å²) in [7, 11) is -0.972. The highest BCUT2D eigenvalue weighted by atomic mass is 32.2. The maximum Gasteiger partial charge on any atom is 0.0779 e. The van der Waals surface area contributed by atoms with Gasteiger partial charge in [0, 0.05) is 22.1 Å². The Hall–Kier alpha value is 0.0700.